The molecule has 0 fully saturated rings. The fourth-order valence-corrected chi connectivity index (χ4v) is 3.61. The highest BCUT2D eigenvalue weighted by molar-refractivity contribution is 7.99. The van der Waals surface area contributed by atoms with E-state index in [1.165, 1.54) is 0 Å². The largest absolute Gasteiger partial charge is 0.496 e. The Morgan fingerprint density at radius 2 is 1.93 bits per heavy atom. The third-order valence-electron chi connectivity index (χ3n) is 4.07. The molecule has 138 valence electrons. The first kappa shape index (κ1) is 17.6. The molecule has 3 aromatic rings. The normalized spacial score (nSPS) is 13.0. The Labute approximate surface area is 160 Å². The maximum atomic E-state index is 8.85. The standard InChI is InChI=1S/C19H18N4O3S/c1-25-17-5-3-2-4-15(17)18-20-21-19-23(18)22-16(12-27-19)13-6-8-14(9-7-13)26-11-10-24/h2-9,24H,10-12H2,1H3. The van der Waals surface area contributed by atoms with Crippen molar-refractivity contribution in [1.29, 1.82) is 0 Å². The van der Waals surface area contributed by atoms with Gasteiger partial charge in [-0.25, -0.2) is 0 Å². The number of hydrogen-bond acceptors (Lipinski definition) is 7. The van der Waals surface area contributed by atoms with Crippen LogP contribution in [0.25, 0.3) is 11.4 Å². The maximum absolute atomic E-state index is 8.85. The Kier molecular flexibility index (Phi) is 5.08. The topological polar surface area (TPSA) is 81.8 Å². The molecule has 0 radical (unpaired) electrons. The first-order chi connectivity index (χ1) is 13.3. The molecule has 1 N–H and O–H groups in total. The van der Waals surface area contributed by atoms with Crippen molar-refractivity contribution in [3.8, 4) is 22.9 Å². The number of rotatable bonds is 6. The van der Waals surface area contributed by atoms with Crippen molar-refractivity contribution in [2.75, 3.05) is 26.1 Å². The van der Waals surface area contributed by atoms with E-state index in [9.17, 15) is 0 Å². The molecule has 0 unspecified atom stereocenters. The van der Waals surface area contributed by atoms with E-state index in [2.05, 4.69) is 10.2 Å². The number of thioether (sulfide) groups is 1. The van der Waals surface area contributed by atoms with Crippen LogP contribution < -0.4 is 9.47 Å². The number of hydrogen-bond donors (Lipinski definition) is 1. The molecule has 2 heterocycles. The van der Waals surface area contributed by atoms with Gasteiger partial charge < -0.3 is 14.6 Å². The van der Waals surface area contributed by atoms with Crippen LogP contribution in [-0.2, 0) is 0 Å². The van der Waals surface area contributed by atoms with Gasteiger partial charge in [-0.05, 0) is 42.0 Å². The number of nitrogens with zero attached hydrogens (tertiary/aromatic N) is 4. The Balaban J connectivity index is 1.68. The molecule has 0 amide bonds. The molecule has 1 aromatic heterocycles. The van der Waals surface area contributed by atoms with E-state index in [1.807, 2.05) is 48.5 Å². The SMILES string of the molecule is COc1ccccc1-c1nnc2n1N=C(c1ccc(OCCO)cc1)CS2. The zero-order valence-corrected chi connectivity index (χ0v) is 15.5. The first-order valence-electron chi connectivity index (χ1n) is 8.43. The molecule has 27 heavy (non-hydrogen) atoms. The summed E-state index contributed by atoms with van der Waals surface area (Å²) >= 11 is 1.59. The molecule has 0 atom stereocenters. The molecule has 0 saturated heterocycles. The number of aromatic nitrogens is 3. The highest BCUT2D eigenvalue weighted by atomic mass is 32.2. The molecule has 0 saturated carbocycles. The van der Waals surface area contributed by atoms with E-state index in [0.717, 1.165) is 33.5 Å². The summed E-state index contributed by atoms with van der Waals surface area (Å²) in [7, 11) is 1.64. The Hall–Kier alpha value is -2.84. The molecule has 1 aliphatic rings. The summed E-state index contributed by atoms with van der Waals surface area (Å²) in [6.45, 7) is 0.274. The van der Waals surface area contributed by atoms with Crippen molar-refractivity contribution in [2.24, 2.45) is 5.10 Å². The fraction of sp³-hybridized carbons (Fsp3) is 0.211. The number of para-hydroxylation sites is 1. The van der Waals surface area contributed by atoms with Gasteiger partial charge in [-0.3, -0.25) is 0 Å². The molecule has 4 rings (SSSR count). The lowest BCUT2D eigenvalue weighted by Crippen LogP contribution is -2.14. The summed E-state index contributed by atoms with van der Waals surface area (Å²) in [5.74, 6) is 2.80. The van der Waals surface area contributed by atoms with E-state index < -0.39 is 0 Å². The van der Waals surface area contributed by atoms with Crippen LogP contribution in [0.5, 0.6) is 11.5 Å². The van der Waals surface area contributed by atoms with Gasteiger partial charge in [0.15, 0.2) is 5.82 Å². The van der Waals surface area contributed by atoms with Crippen molar-refractivity contribution in [3.63, 3.8) is 0 Å². The predicted octanol–water partition coefficient (Wildman–Crippen LogP) is 2.68. The summed E-state index contributed by atoms with van der Waals surface area (Å²) in [5, 5.41) is 22.9. The van der Waals surface area contributed by atoms with Crippen LogP contribution in [0.4, 0.5) is 0 Å². The third kappa shape index (κ3) is 3.54. The highest BCUT2D eigenvalue weighted by Gasteiger charge is 2.22. The van der Waals surface area contributed by atoms with E-state index in [4.69, 9.17) is 19.7 Å². The van der Waals surface area contributed by atoms with E-state index in [1.54, 1.807) is 23.5 Å². The Morgan fingerprint density at radius 3 is 2.70 bits per heavy atom. The van der Waals surface area contributed by atoms with E-state index in [0.29, 0.717) is 11.6 Å². The minimum Gasteiger partial charge on any atom is -0.496 e. The average Bonchev–Trinajstić information content (AvgIpc) is 3.15. The quantitative estimate of drug-likeness (QED) is 0.706. The number of fused-ring (bicyclic) bond motifs is 1. The van der Waals surface area contributed by atoms with Crippen LogP contribution in [0.1, 0.15) is 5.56 Å². The summed E-state index contributed by atoms with van der Waals surface area (Å²) in [5.41, 5.74) is 2.78. The minimum absolute atomic E-state index is 0.00671. The number of benzene rings is 2. The predicted molar refractivity (Wildman–Crippen MR) is 104 cm³/mol. The van der Waals surface area contributed by atoms with Gasteiger partial charge in [-0.2, -0.15) is 9.78 Å². The number of aliphatic hydroxyl groups is 1. The Bertz CT molecular complexity index is 969. The van der Waals surface area contributed by atoms with Crippen LogP contribution in [0.15, 0.2) is 58.8 Å². The summed E-state index contributed by atoms with van der Waals surface area (Å²) in [6.07, 6.45) is 0. The molecule has 1 aliphatic heterocycles. The van der Waals surface area contributed by atoms with Gasteiger partial charge in [0, 0.05) is 5.75 Å². The molecule has 0 aliphatic carbocycles. The average molecular weight is 382 g/mol. The van der Waals surface area contributed by atoms with Crippen LogP contribution in [0, 0.1) is 0 Å². The molecule has 7 nitrogen and oxygen atoms in total. The second-order valence-corrected chi connectivity index (χ2v) is 6.69. The fourth-order valence-electron chi connectivity index (χ4n) is 2.77. The van der Waals surface area contributed by atoms with Crippen LogP contribution in [0.3, 0.4) is 0 Å². The summed E-state index contributed by atoms with van der Waals surface area (Å²) in [6, 6.07) is 15.4. The van der Waals surface area contributed by atoms with Gasteiger partial charge in [0.05, 0.1) is 25.0 Å². The summed E-state index contributed by atoms with van der Waals surface area (Å²) < 4.78 is 12.6. The Morgan fingerprint density at radius 1 is 1.11 bits per heavy atom. The van der Waals surface area contributed by atoms with E-state index >= 15 is 0 Å². The summed E-state index contributed by atoms with van der Waals surface area (Å²) in [4.78, 5) is 0. The van der Waals surface area contributed by atoms with Gasteiger partial charge >= 0.3 is 0 Å². The van der Waals surface area contributed by atoms with Crippen LogP contribution in [0.2, 0.25) is 0 Å². The second-order valence-electron chi connectivity index (χ2n) is 5.75. The molecular formula is C19H18N4O3S. The second kappa shape index (κ2) is 7.81. The third-order valence-corrected chi connectivity index (χ3v) is 5.00. The van der Waals surface area contributed by atoms with Crippen LogP contribution in [-0.4, -0.2) is 51.8 Å². The van der Waals surface area contributed by atoms with Crippen molar-refractivity contribution in [3.05, 3.63) is 54.1 Å². The van der Waals surface area contributed by atoms with Gasteiger partial charge in [0.25, 0.3) is 0 Å². The maximum Gasteiger partial charge on any atom is 0.212 e. The number of methoxy groups -OCH3 is 1. The van der Waals surface area contributed by atoms with Crippen molar-refractivity contribution >= 4 is 17.5 Å². The zero-order chi connectivity index (χ0) is 18.6. The lowest BCUT2D eigenvalue weighted by atomic mass is 10.1. The number of ether oxygens (including phenoxy) is 2. The molecule has 0 spiro atoms. The van der Waals surface area contributed by atoms with Gasteiger partial charge in [-0.1, -0.05) is 23.9 Å². The molecule has 0 bridgehead atoms. The van der Waals surface area contributed by atoms with E-state index in [-0.39, 0.29) is 13.2 Å². The lowest BCUT2D eigenvalue weighted by molar-refractivity contribution is 0.201. The molecule has 2 aromatic carbocycles. The van der Waals surface area contributed by atoms with Gasteiger partial charge in [0.1, 0.15) is 18.1 Å². The van der Waals surface area contributed by atoms with Gasteiger partial charge in [-0.15, -0.1) is 10.2 Å². The molecular weight excluding hydrogens is 364 g/mol. The van der Waals surface area contributed by atoms with Crippen molar-refractivity contribution < 1.29 is 14.6 Å². The highest BCUT2D eigenvalue weighted by Crippen LogP contribution is 2.33. The lowest BCUT2D eigenvalue weighted by Gasteiger charge is -2.15. The smallest absolute Gasteiger partial charge is 0.212 e. The number of aliphatic hydroxyl groups excluding tert-OH is 1. The molecule has 8 heteroatoms. The monoisotopic (exact) mass is 382 g/mol. The minimum atomic E-state index is -0.00671. The van der Waals surface area contributed by atoms with Crippen LogP contribution >= 0.6 is 11.8 Å². The first-order valence-corrected chi connectivity index (χ1v) is 9.42. The van der Waals surface area contributed by atoms with Crippen molar-refractivity contribution in [1.82, 2.24) is 14.9 Å². The van der Waals surface area contributed by atoms with Gasteiger partial charge in [0.2, 0.25) is 5.16 Å². The zero-order valence-electron chi connectivity index (χ0n) is 14.7. The van der Waals surface area contributed by atoms with Crippen molar-refractivity contribution in [2.45, 2.75) is 5.16 Å².